The number of anilines is 1. The smallest absolute Gasteiger partial charge is 0.203 e. The number of rotatable bonds is 10. The van der Waals surface area contributed by atoms with Gasteiger partial charge in [0.25, 0.3) is 0 Å². The molecule has 6 nitrogen and oxygen atoms in total. The van der Waals surface area contributed by atoms with Crippen molar-refractivity contribution in [3.8, 4) is 11.5 Å². The van der Waals surface area contributed by atoms with Crippen molar-refractivity contribution in [2.45, 2.75) is 45.8 Å². The molecule has 0 radical (unpaired) electrons. The highest BCUT2D eigenvalue weighted by Crippen LogP contribution is 2.29. The number of benzene rings is 1. The average Bonchev–Trinajstić information content (AvgIpc) is 3.00. The summed E-state index contributed by atoms with van der Waals surface area (Å²) >= 11 is 1.45. The lowest BCUT2D eigenvalue weighted by molar-refractivity contribution is 0.207. The Morgan fingerprint density at radius 2 is 2.12 bits per heavy atom. The first-order chi connectivity index (χ1) is 11.6. The quantitative estimate of drug-likeness (QED) is 0.641. The van der Waals surface area contributed by atoms with Gasteiger partial charge in [-0.05, 0) is 44.0 Å². The number of methoxy groups -OCH3 is 1. The summed E-state index contributed by atoms with van der Waals surface area (Å²) < 4.78 is 11.3. The summed E-state index contributed by atoms with van der Waals surface area (Å²) in [5.74, 6) is 1.57. The maximum absolute atomic E-state index is 5.87. The molecule has 0 spiro atoms. The molecule has 0 aliphatic heterocycles. The van der Waals surface area contributed by atoms with E-state index in [-0.39, 0.29) is 6.10 Å². The van der Waals surface area contributed by atoms with E-state index in [1.807, 2.05) is 12.1 Å². The zero-order chi connectivity index (χ0) is 17.4. The van der Waals surface area contributed by atoms with Crippen LogP contribution < -0.4 is 20.5 Å². The molecule has 3 N–H and O–H groups in total. The molecule has 0 amide bonds. The lowest BCUT2D eigenvalue weighted by Crippen LogP contribution is -2.15. The Bertz CT molecular complexity index is 633. The molecule has 7 heteroatoms. The number of nitrogens with two attached hydrogens (primary N) is 1. The van der Waals surface area contributed by atoms with Gasteiger partial charge < -0.3 is 20.5 Å². The number of ether oxygens (including phenoxy) is 2. The minimum atomic E-state index is 0.178. The van der Waals surface area contributed by atoms with Gasteiger partial charge in [0, 0.05) is 13.0 Å². The van der Waals surface area contributed by atoms with Crippen LogP contribution in [0.25, 0.3) is 0 Å². The summed E-state index contributed by atoms with van der Waals surface area (Å²) in [4.78, 5) is 0. The van der Waals surface area contributed by atoms with E-state index in [1.54, 1.807) is 7.11 Å². The van der Waals surface area contributed by atoms with Crippen LogP contribution in [0, 0.1) is 0 Å². The number of aromatic nitrogens is 2. The minimum Gasteiger partial charge on any atom is -0.493 e. The molecular formula is C17H26N4O2S. The zero-order valence-corrected chi connectivity index (χ0v) is 15.4. The van der Waals surface area contributed by atoms with Gasteiger partial charge in [-0.25, -0.2) is 0 Å². The van der Waals surface area contributed by atoms with Gasteiger partial charge in [0.05, 0.1) is 13.2 Å². The van der Waals surface area contributed by atoms with Gasteiger partial charge in [-0.2, -0.15) is 0 Å². The second-order valence-electron chi connectivity index (χ2n) is 5.64. The highest BCUT2D eigenvalue weighted by Gasteiger charge is 2.09. The topological polar surface area (TPSA) is 82.3 Å². The van der Waals surface area contributed by atoms with Gasteiger partial charge in [0.1, 0.15) is 5.01 Å². The van der Waals surface area contributed by atoms with Gasteiger partial charge in [0.15, 0.2) is 11.5 Å². The Morgan fingerprint density at radius 1 is 1.29 bits per heavy atom. The van der Waals surface area contributed by atoms with Crippen LogP contribution in [-0.2, 0) is 13.0 Å². The van der Waals surface area contributed by atoms with Gasteiger partial charge in [-0.3, -0.25) is 0 Å². The Balaban J connectivity index is 1.77. The summed E-state index contributed by atoms with van der Waals surface area (Å²) in [5.41, 5.74) is 6.74. The highest BCUT2D eigenvalue weighted by atomic mass is 32.1. The van der Waals surface area contributed by atoms with E-state index in [1.165, 1.54) is 16.9 Å². The van der Waals surface area contributed by atoms with E-state index in [0.717, 1.165) is 48.9 Å². The van der Waals surface area contributed by atoms with Gasteiger partial charge in [-0.15, -0.1) is 10.2 Å². The van der Waals surface area contributed by atoms with E-state index < -0.39 is 0 Å². The fourth-order valence-corrected chi connectivity index (χ4v) is 2.84. The minimum absolute atomic E-state index is 0.178. The third kappa shape index (κ3) is 5.65. The number of hydrogen-bond donors (Lipinski definition) is 2. The Kier molecular flexibility index (Phi) is 7.27. The van der Waals surface area contributed by atoms with Crippen molar-refractivity contribution in [2.24, 2.45) is 0 Å². The molecule has 0 aliphatic rings. The second-order valence-corrected chi connectivity index (χ2v) is 6.73. The molecule has 1 aromatic heterocycles. The molecule has 1 heterocycles. The molecule has 1 atom stereocenters. The maximum Gasteiger partial charge on any atom is 0.203 e. The molecule has 0 aliphatic carbocycles. The lowest BCUT2D eigenvalue weighted by atomic mass is 10.2. The third-order valence-electron chi connectivity index (χ3n) is 3.69. The third-order valence-corrected chi connectivity index (χ3v) is 4.50. The van der Waals surface area contributed by atoms with Gasteiger partial charge in [0.2, 0.25) is 5.13 Å². The standard InChI is InChI=1S/C17H26N4O2S/c1-4-12(2)23-14-8-7-13(10-15(14)22-3)11-19-9-5-6-16-20-21-17(18)24-16/h7-8,10,12,19H,4-6,9,11H2,1-3H3,(H2,18,21)/t12-/m0/s1. The van der Waals surface area contributed by atoms with E-state index in [9.17, 15) is 0 Å². The number of nitrogen functional groups attached to an aromatic ring is 1. The van der Waals surface area contributed by atoms with E-state index in [0.29, 0.717) is 5.13 Å². The molecule has 0 saturated carbocycles. The number of hydrogen-bond acceptors (Lipinski definition) is 7. The Morgan fingerprint density at radius 3 is 2.79 bits per heavy atom. The Hall–Kier alpha value is -1.86. The first-order valence-electron chi connectivity index (χ1n) is 8.24. The molecule has 2 rings (SSSR count). The Labute approximate surface area is 147 Å². The number of nitrogens with zero attached hydrogens (tertiary/aromatic N) is 2. The second kappa shape index (κ2) is 9.44. The predicted molar refractivity (Wildman–Crippen MR) is 97.7 cm³/mol. The molecule has 0 fully saturated rings. The van der Waals surface area contributed by atoms with Crippen LogP contribution in [0.1, 0.15) is 37.3 Å². The summed E-state index contributed by atoms with van der Waals surface area (Å²) in [6.45, 7) is 5.86. The van der Waals surface area contributed by atoms with Crippen LogP contribution in [0.4, 0.5) is 5.13 Å². The van der Waals surface area contributed by atoms with Crippen molar-refractivity contribution in [2.75, 3.05) is 19.4 Å². The van der Waals surface area contributed by atoms with E-state index >= 15 is 0 Å². The average molecular weight is 350 g/mol. The van der Waals surface area contributed by atoms with E-state index in [4.69, 9.17) is 15.2 Å². The van der Waals surface area contributed by atoms with Crippen molar-refractivity contribution >= 4 is 16.5 Å². The molecule has 0 bridgehead atoms. The van der Waals surface area contributed by atoms with Crippen LogP contribution in [0.15, 0.2) is 18.2 Å². The first-order valence-corrected chi connectivity index (χ1v) is 9.06. The van der Waals surface area contributed by atoms with Crippen molar-refractivity contribution in [1.29, 1.82) is 0 Å². The molecule has 2 aromatic rings. The number of nitrogens with one attached hydrogen (secondary N) is 1. The summed E-state index contributed by atoms with van der Waals surface area (Å²) in [6, 6.07) is 6.07. The SMILES string of the molecule is CC[C@H](C)Oc1ccc(CNCCCc2nnc(N)s2)cc1OC. The normalized spacial score (nSPS) is 12.1. The molecule has 1 aromatic carbocycles. The predicted octanol–water partition coefficient (Wildman–Crippen LogP) is 3.03. The summed E-state index contributed by atoms with van der Waals surface area (Å²) in [5, 5.41) is 12.8. The largest absolute Gasteiger partial charge is 0.493 e. The van der Waals surface area contributed by atoms with Crippen molar-refractivity contribution in [3.63, 3.8) is 0 Å². The molecular weight excluding hydrogens is 324 g/mol. The molecule has 132 valence electrons. The van der Waals surface area contributed by atoms with Gasteiger partial charge in [-0.1, -0.05) is 24.3 Å². The molecule has 0 saturated heterocycles. The van der Waals surface area contributed by atoms with Crippen molar-refractivity contribution in [3.05, 3.63) is 28.8 Å². The van der Waals surface area contributed by atoms with Crippen LogP contribution >= 0.6 is 11.3 Å². The fraction of sp³-hybridized carbons (Fsp3) is 0.529. The number of aryl methyl sites for hydroxylation is 1. The van der Waals surface area contributed by atoms with E-state index in [2.05, 4.69) is 35.4 Å². The molecule has 0 unspecified atom stereocenters. The van der Waals surface area contributed by atoms with Crippen LogP contribution in [-0.4, -0.2) is 30.0 Å². The highest BCUT2D eigenvalue weighted by molar-refractivity contribution is 7.15. The van der Waals surface area contributed by atoms with Gasteiger partial charge >= 0.3 is 0 Å². The van der Waals surface area contributed by atoms with Crippen molar-refractivity contribution < 1.29 is 9.47 Å². The summed E-state index contributed by atoms with van der Waals surface area (Å²) in [7, 11) is 1.67. The molecule has 24 heavy (non-hydrogen) atoms. The van der Waals surface area contributed by atoms with Crippen LogP contribution in [0.2, 0.25) is 0 Å². The maximum atomic E-state index is 5.87. The first kappa shape index (κ1) is 18.5. The van der Waals surface area contributed by atoms with Crippen LogP contribution in [0.3, 0.4) is 0 Å². The van der Waals surface area contributed by atoms with Crippen LogP contribution in [0.5, 0.6) is 11.5 Å². The monoisotopic (exact) mass is 350 g/mol. The zero-order valence-electron chi connectivity index (χ0n) is 14.5. The summed E-state index contributed by atoms with van der Waals surface area (Å²) in [6.07, 6.45) is 3.04. The van der Waals surface area contributed by atoms with Crippen molar-refractivity contribution in [1.82, 2.24) is 15.5 Å². The fourth-order valence-electron chi connectivity index (χ4n) is 2.18. The lowest BCUT2D eigenvalue weighted by Gasteiger charge is -2.16.